The third-order valence-electron chi connectivity index (χ3n) is 1.75. The van der Waals surface area contributed by atoms with Crippen molar-refractivity contribution in [1.82, 2.24) is 0 Å². The number of rotatable bonds is 3. The second-order valence-corrected chi connectivity index (χ2v) is 3.70. The molecule has 1 aromatic heterocycles. The number of hydrogen-bond acceptors (Lipinski definition) is 2. The summed E-state index contributed by atoms with van der Waals surface area (Å²) in [6.45, 7) is 5.70. The molecule has 1 rings (SSSR count). The first-order valence-corrected chi connectivity index (χ1v) is 4.53. The topological polar surface area (TPSA) is 26.0 Å². The van der Waals surface area contributed by atoms with Crippen LogP contribution >= 0.6 is 11.3 Å². The standard InChI is InChI=1S/C9H13NS/c1-3-5-9(2,10)8-4-6-11-7-8/h3-4,6-7H,1,5,10H2,2H3/t9-/m1/s1. The van der Waals surface area contributed by atoms with E-state index in [4.69, 9.17) is 5.73 Å². The molecule has 1 heterocycles. The van der Waals surface area contributed by atoms with E-state index in [0.717, 1.165) is 6.42 Å². The summed E-state index contributed by atoms with van der Waals surface area (Å²) < 4.78 is 0. The summed E-state index contributed by atoms with van der Waals surface area (Å²) in [5.41, 5.74) is 6.99. The predicted octanol–water partition coefficient (Wildman–Crippen LogP) is 2.50. The smallest absolute Gasteiger partial charge is 0.0424 e. The van der Waals surface area contributed by atoms with E-state index in [9.17, 15) is 0 Å². The Morgan fingerprint density at radius 2 is 2.55 bits per heavy atom. The lowest BCUT2D eigenvalue weighted by Gasteiger charge is -2.21. The minimum atomic E-state index is -0.234. The van der Waals surface area contributed by atoms with Gasteiger partial charge in [-0.2, -0.15) is 11.3 Å². The van der Waals surface area contributed by atoms with Gasteiger partial charge in [0.25, 0.3) is 0 Å². The SMILES string of the molecule is C=CC[C@@](C)(N)c1ccsc1. The van der Waals surface area contributed by atoms with Crippen molar-refractivity contribution in [3.8, 4) is 0 Å². The summed E-state index contributed by atoms with van der Waals surface area (Å²) in [4.78, 5) is 0. The molecule has 1 nitrogen and oxygen atoms in total. The van der Waals surface area contributed by atoms with Crippen LogP contribution in [-0.2, 0) is 5.54 Å². The monoisotopic (exact) mass is 167 g/mol. The lowest BCUT2D eigenvalue weighted by Crippen LogP contribution is -2.31. The van der Waals surface area contributed by atoms with Crippen LogP contribution in [0.2, 0.25) is 0 Å². The number of nitrogens with two attached hydrogens (primary N) is 1. The third-order valence-corrected chi connectivity index (χ3v) is 2.43. The van der Waals surface area contributed by atoms with Gasteiger partial charge in [0, 0.05) is 5.54 Å². The first kappa shape index (κ1) is 8.50. The molecule has 0 aliphatic carbocycles. The first-order valence-electron chi connectivity index (χ1n) is 3.59. The summed E-state index contributed by atoms with van der Waals surface area (Å²) in [5.74, 6) is 0. The third kappa shape index (κ3) is 1.91. The van der Waals surface area contributed by atoms with Crippen LogP contribution in [0.4, 0.5) is 0 Å². The van der Waals surface area contributed by atoms with E-state index >= 15 is 0 Å². The molecule has 11 heavy (non-hydrogen) atoms. The molecule has 0 spiro atoms. The highest BCUT2D eigenvalue weighted by Gasteiger charge is 2.18. The zero-order chi connectivity index (χ0) is 8.32. The minimum absolute atomic E-state index is 0.234. The van der Waals surface area contributed by atoms with Crippen LogP contribution in [0.5, 0.6) is 0 Å². The van der Waals surface area contributed by atoms with Gasteiger partial charge in [0.05, 0.1) is 0 Å². The van der Waals surface area contributed by atoms with Gasteiger partial charge in [0.15, 0.2) is 0 Å². The average Bonchev–Trinajstić information content (AvgIpc) is 2.37. The van der Waals surface area contributed by atoms with Crippen LogP contribution in [-0.4, -0.2) is 0 Å². The predicted molar refractivity (Wildman–Crippen MR) is 50.7 cm³/mol. The first-order chi connectivity index (χ1) is 5.17. The lowest BCUT2D eigenvalue weighted by atomic mass is 9.92. The Bertz CT molecular complexity index is 224. The fourth-order valence-corrected chi connectivity index (χ4v) is 1.81. The Labute approximate surface area is 71.5 Å². The molecule has 0 aromatic carbocycles. The van der Waals surface area contributed by atoms with Gasteiger partial charge in [-0.05, 0) is 35.7 Å². The van der Waals surface area contributed by atoms with Crippen molar-refractivity contribution in [1.29, 1.82) is 0 Å². The van der Waals surface area contributed by atoms with Crippen molar-refractivity contribution in [3.63, 3.8) is 0 Å². The van der Waals surface area contributed by atoms with Gasteiger partial charge >= 0.3 is 0 Å². The van der Waals surface area contributed by atoms with Gasteiger partial charge in [-0.3, -0.25) is 0 Å². The van der Waals surface area contributed by atoms with Crippen molar-refractivity contribution in [3.05, 3.63) is 35.0 Å². The molecule has 0 aliphatic heterocycles. The molecule has 1 atom stereocenters. The molecule has 0 fully saturated rings. The zero-order valence-corrected chi connectivity index (χ0v) is 7.53. The molecule has 0 aliphatic rings. The largest absolute Gasteiger partial charge is 0.321 e. The molecule has 0 bridgehead atoms. The summed E-state index contributed by atoms with van der Waals surface area (Å²) in [5, 5.41) is 4.13. The highest BCUT2D eigenvalue weighted by molar-refractivity contribution is 7.08. The molecule has 2 heteroatoms. The maximum atomic E-state index is 6.03. The van der Waals surface area contributed by atoms with Crippen LogP contribution in [0, 0.1) is 0 Å². The van der Waals surface area contributed by atoms with E-state index < -0.39 is 0 Å². The van der Waals surface area contributed by atoms with E-state index in [1.807, 2.05) is 18.4 Å². The van der Waals surface area contributed by atoms with E-state index in [1.165, 1.54) is 5.56 Å². The summed E-state index contributed by atoms with van der Waals surface area (Å²) in [7, 11) is 0. The molecule has 0 saturated carbocycles. The Balaban J connectivity index is 2.81. The summed E-state index contributed by atoms with van der Waals surface area (Å²) in [6, 6.07) is 2.06. The lowest BCUT2D eigenvalue weighted by molar-refractivity contribution is 0.504. The molecule has 0 saturated heterocycles. The van der Waals surface area contributed by atoms with Crippen molar-refractivity contribution in [2.24, 2.45) is 5.73 Å². The van der Waals surface area contributed by atoms with Gasteiger partial charge < -0.3 is 5.73 Å². The summed E-state index contributed by atoms with van der Waals surface area (Å²) in [6.07, 6.45) is 2.68. The van der Waals surface area contributed by atoms with Crippen LogP contribution in [0.3, 0.4) is 0 Å². The second-order valence-electron chi connectivity index (χ2n) is 2.92. The fourth-order valence-electron chi connectivity index (χ4n) is 1.01. The van der Waals surface area contributed by atoms with Gasteiger partial charge in [-0.25, -0.2) is 0 Å². The van der Waals surface area contributed by atoms with Gasteiger partial charge in [0.1, 0.15) is 0 Å². The maximum absolute atomic E-state index is 6.03. The number of thiophene rings is 1. The summed E-state index contributed by atoms with van der Waals surface area (Å²) >= 11 is 1.68. The minimum Gasteiger partial charge on any atom is -0.321 e. The molecule has 1 aromatic rings. The van der Waals surface area contributed by atoms with E-state index in [0.29, 0.717) is 0 Å². The van der Waals surface area contributed by atoms with Crippen LogP contribution < -0.4 is 5.73 Å². The normalized spacial score (nSPS) is 15.8. The van der Waals surface area contributed by atoms with Crippen molar-refractivity contribution in [2.45, 2.75) is 18.9 Å². The second kappa shape index (κ2) is 3.20. The average molecular weight is 167 g/mol. The maximum Gasteiger partial charge on any atom is 0.0424 e. The fraction of sp³-hybridized carbons (Fsp3) is 0.333. The Morgan fingerprint density at radius 1 is 1.82 bits per heavy atom. The molecular formula is C9H13NS. The molecule has 0 unspecified atom stereocenters. The van der Waals surface area contributed by atoms with E-state index in [2.05, 4.69) is 18.0 Å². The molecular weight excluding hydrogens is 154 g/mol. The van der Waals surface area contributed by atoms with Crippen molar-refractivity contribution >= 4 is 11.3 Å². The molecule has 2 N–H and O–H groups in total. The molecule has 60 valence electrons. The highest BCUT2D eigenvalue weighted by atomic mass is 32.1. The molecule has 0 radical (unpaired) electrons. The number of hydrogen-bond donors (Lipinski definition) is 1. The quantitative estimate of drug-likeness (QED) is 0.688. The van der Waals surface area contributed by atoms with Gasteiger partial charge in [-0.1, -0.05) is 6.08 Å². The van der Waals surface area contributed by atoms with Crippen molar-refractivity contribution < 1.29 is 0 Å². The van der Waals surface area contributed by atoms with Crippen LogP contribution in [0.15, 0.2) is 29.5 Å². The highest BCUT2D eigenvalue weighted by Crippen LogP contribution is 2.23. The Morgan fingerprint density at radius 3 is 3.00 bits per heavy atom. The van der Waals surface area contributed by atoms with Crippen molar-refractivity contribution in [2.75, 3.05) is 0 Å². The van der Waals surface area contributed by atoms with Crippen LogP contribution in [0.25, 0.3) is 0 Å². The Hall–Kier alpha value is -0.600. The Kier molecular flexibility index (Phi) is 2.47. The van der Waals surface area contributed by atoms with Crippen LogP contribution in [0.1, 0.15) is 18.9 Å². The van der Waals surface area contributed by atoms with E-state index in [-0.39, 0.29) is 5.54 Å². The van der Waals surface area contributed by atoms with Gasteiger partial charge in [-0.15, -0.1) is 6.58 Å². The zero-order valence-electron chi connectivity index (χ0n) is 6.71. The molecule has 0 amide bonds. The van der Waals surface area contributed by atoms with E-state index in [1.54, 1.807) is 11.3 Å². The van der Waals surface area contributed by atoms with Gasteiger partial charge in [0.2, 0.25) is 0 Å².